The number of piperidine rings is 1. The fourth-order valence-corrected chi connectivity index (χ4v) is 7.99. The van der Waals surface area contributed by atoms with Gasteiger partial charge in [-0.3, -0.25) is 19.7 Å². The highest BCUT2D eigenvalue weighted by Gasteiger charge is 2.33. The number of carbonyl (C=O) groups excluding carboxylic acids is 2. The molecular formula is C34H39ClN4O4. The SMILES string of the molecule is O=C(NO)c1ccc2c(C3CCCCC3)c3n(c2c1)CC(C(=O)N1CCC(N2CCOCC2)CC1)=Cc1ccc(Cl)cc1-3. The van der Waals surface area contributed by atoms with Crippen molar-refractivity contribution in [3.05, 3.63) is 63.7 Å². The number of aromatic nitrogens is 1. The van der Waals surface area contributed by atoms with Gasteiger partial charge in [0.15, 0.2) is 0 Å². The highest BCUT2D eigenvalue weighted by Crippen LogP contribution is 2.47. The van der Waals surface area contributed by atoms with E-state index in [-0.39, 0.29) is 5.91 Å². The van der Waals surface area contributed by atoms with Crippen molar-refractivity contribution in [2.24, 2.45) is 0 Å². The van der Waals surface area contributed by atoms with Gasteiger partial charge < -0.3 is 14.2 Å². The van der Waals surface area contributed by atoms with E-state index < -0.39 is 5.91 Å². The molecule has 7 rings (SSSR count). The fraction of sp³-hybridized carbons (Fsp3) is 0.471. The van der Waals surface area contributed by atoms with Crippen LogP contribution in [0, 0.1) is 0 Å². The van der Waals surface area contributed by atoms with Gasteiger partial charge in [-0.05, 0) is 73.1 Å². The number of carbonyl (C=O) groups is 2. The molecule has 1 aromatic heterocycles. The molecule has 4 heterocycles. The molecule has 4 aliphatic rings. The average molecular weight is 603 g/mol. The molecule has 2 saturated heterocycles. The lowest BCUT2D eigenvalue weighted by Crippen LogP contribution is -2.50. The lowest BCUT2D eigenvalue weighted by atomic mass is 9.81. The van der Waals surface area contributed by atoms with Crippen LogP contribution in [0.2, 0.25) is 5.02 Å². The smallest absolute Gasteiger partial charge is 0.274 e. The van der Waals surface area contributed by atoms with Crippen molar-refractivity contribution in [2.45, 2.75) is 63.5 Å². The number of halogens is 1. The summed E-state index contributed by atoms with van der Waals surface area (Å²) in [5, 5.41) is 11.1. The third-order valence-corrected chi connectivity index (χ3v) is 10.2. The Bertz CT molecular complexity index is 1580. The molecule has 43 heavy (non-hydrogen) atoms. The van der Waals surface area contributed by atoms with Crippen LogP contribution in [0.4, 0.5) is 0 Å². The van der Waals surface area contributed by atoms with Gasteiger partial charge in [0.2, 0.25) is 0 Å². The quantitative estimate of drug-likeness (QED) is 0.289. The van der Waals surface area contributed by atoms with Crippen LogP contribution in [-0.4, -0.2) is 76.8 Å². The summed E-state index contributed by atoms with van der Waals surface area (Å²) >= 11 is 6.62. The van der Waals surface area contributed by atoms with Gasteiger partial charge in [-0.1, -0.05) is 43.0 Å². The summed E-state index contributed by atoms with van der Waals surface area (Å²) in [6.07, 6.45) is 9.82. The Morgan fingerprint density at radius 1 is 0.930 bits per heavy atom. The second-order valence-electron chi connectivity index (χ2n) is 12.4. The van der Waals surface area contributed by atoms with E-state index in [0.29, 0.717) is 29.1 Å². The van der Waals surface area contributed by atoms with E-state index in [1.165, 1.54) is 24.8 Å². The van der Waals surface area contributed by atoms with Crippen molar-refractivity contribution in [1.82, 2.24) is 19.8 Å². The number of likely N-dealkylation sites (tertiary alicyclic amines) is 1. The Hall–Kier alpha value is -3.17. The van der Waals surface area contributed by atoms with Gasteiger partial charge in [-0.15, -0.1) is 0 Å². The van der Waals surface area contributed by atoms with Crippen LogP contribution >= 0.6 is 11.6 Å². The van der Waals surface area contributed by atoms with Gasteiger partial charge in [0.25, 0.3) is 11.8 Å². The minimum absolute atomic E-state index is 0.0690. The summed E-state index contributed by atoms with van der Waals surface area (Å²) in [5.41, 5.74) is 8.17. The van der Waals surface area contributed by atoms with Crippen LogP contribution in [0.15, 0.2) is 42.0 Å². The largest absolute Gasteiger partial charge is 0.379 e. The van der Waals surface area contributed by atoms with E-state index in [0.717, 1.165) is 98.4 Å². The maximum absolute atomic E-state index is 14.2. The Balaban J connectivity index is 1.30. The van der Waals surface area contributed by atoms with Gasteiger partial charge >= 0.3 is 0 Å². The predicted molar refractivity (Wildman–Crippen MR) is 167 cm³/mol. The molecule has 0 unspecified atom stereocenters. The Kier molecular flexibility index (Phi) is 8.03. The van der Waals surface area contributed by atoms with E-state index in [4.69, 9.17) is 16.3 Å². The number of rotatable bonds is 4. The third kappa shape index (κ3) is 5.39. The van der Waals surface area contributed by atoms with E-state index >= 15 is 0 Å². The Morgan fingerprint density at radius 3 is 2.44 bits per heavy atom. The molecule has 0 radical (unpaired) electrons. The number of hydrogen-bond acceptors (Lipinski definition) is 5. The monoisotopic (exact) mass is 602 g/mol. The number of nitrogens with one attached hydrogen (secondary N) is 1. The lowest BCUT2D eigenvalue weighted by Gasteiger charge is -2.40. The van der Waals surface area contributed by atoms with Crippen LogP contribution in [0.25, 0.3) is 28.2 Å². The van der Waals surface area contributed by atoms with Crippen molar-refractivity contribution in [2.75, 3.05) is 39.4 Å². The Labute approximate surface area is 257 Å². The Morgan fingerprint density at radius 2 is 1.70 bits per heavy atom. The van der Waals surface area contributed by atoms with Crippen molar-refractivity contribution >= 4 is 40.4 Å². The molecule has 226 valence electrons. The summed E-state index contributed by atoms with van der Waals surface area (Å²) in [6, 6.07) is 12.1. The molecule has 2 aromatic carbocycles. The lowest BCUT2D eigenvalue weighted by molar-refractivity contribution is -0.129. The standard InChI is InChI=1S/C34H39ClN4O4/c35-26-8-6-23-18-25(34(41)38-12-10-27(11-13-38)37-14-16-43-17-15-37)21-39-30-19-24(33(40)36-42)7-9-28(30)31(32(39)29(23)20-26)22-4-2-1-3-5-22/h6-9,18-20,22,27,42H,1-5,10-17,21H2,(H,36,40). The van der Waals surface area contributed by atoms with Gasteiger partial charge in [-0.2, -0.15) is 0 Å². The highest BCUT2D eigenvalue weighted by molar-refractivity contribution is 6.31. The second kappa shape index (κ2) is 12.1. The molecule has 0 bridgehead atoms. The molecule has 3 fully saturated rings. The van der Waals surface area contributed by atoms with Crippen LogP contribution in [0.3, 0.4) is 0 Å². The van der Waals surface area contributed by atoms with Crippen molar-refractivity contribution < 1.29 is 19.5 Å². The summed E-state index contributed by atoms with van der Waals surface area (Å²) in [5.74, 6) is -0.100. The average Bonchev–Trinajstić information content (AvgIpc) is 3.28. The van der Waals surface area contributed by atoms with Gasteiger partial charge in [0.1, 0.15) is 0 Å². The zero-order valence-corrected chi connectivity index (χ0v) is 25.2. The van der Waals surface area contributed by atoms with Crippen molar-refractivity contribution in [3.63, 3.8) is 0 Å². The minimum atomic E-state index is -0.552. The zero-order valence-electron chi connectivity index (χ0n) is 24.5. The maximum Gasteiger partial charge on any atom is 0.274 e. The summed E-state index contributed by atoms with van der Waals surface area (Å²) in [6.45, 7) is 5.37. The number of nitrogens with zero attached hydrogens (tertiary/aromatic N) is 3. The first-order chi connectivity index (χ1) is 21.0. The fourth-order valence-electron chi connectivity index (χ4n) is 7.81. The molecule has 8 nitrogen and oxygen atoms in total. The number of hydrogen-bond donors (Lipinski definition) is 2. The third-order valence-electron chi connectivity index (χ3n) is 10.00. The summed E-state index contributed by atoms with van der Waals surface area (Å²) in [7, 11) is 0. The van der Waals surface area contributed by atoms with E-state index in [9.17, 15) is 14.8 Å². The summed E-state index contributed by atoms with van der Waals surface area (Å²) in [4.78, 5) is 31.3. The first-order valence-corrected chi connectivity index (χ1v) is 16.1. The molecule has 0 atom stereocenters. The molecule has 1 saturated carbocycles. The van der Waals surface area contributed by atoms with Crippen molar-refractivity contribution in [3.8, 4) is 11.3 Å². The topological polar surface area (TPSA) is 87.0 Å². The number of hydroxylamine groups is 1. The molecular weight excluding hydrogens is 564 g/mol. The first-order valence-electron chi connectivity index (χ1n) is 15.7. The van der Waals surface area contributed by atoms with E-state index in [1.807, 2.05) is 35.2 Å². The zero-order chi connectivity index (χ0) is 29.5. The van der Waals surface area contributed by atoms with Crippen LogP contribution in [-0.2, 0) is 16.1 Å². The number of fused-ring (bicyclic) bond motifs is 5. The number of morpholine rings is 1. The predicted octanol–water partition coefficient (Wildman–Crippen LogP) is 5.85. The van der Waals surface area contributed by atoms with Gasteiger partial charge in [-0.25, -0.2) is 5.48 Å². The molecule has 3 aromatic rings. The number of ether oxygens (including phenoxy) is 1. The highest BCUT2D eigenvalue weighted by atomic mass is 35.5. The molecule has 3 aliphatic heterocycles. The van der Waals surface area contributed by atoms with Crippen molar-refractivity contribution in [1.29, 1.82) is 0 Å². The molecule has 1 aliphatic carbocycles. The van der Waals surface area contributed by atoms with E-state index in [1.54, 1.807) is 11.5 Å². The number of benzene rings is 2. The maximum atomic E-state index is 14.2. The minimum Gasteiger partial charge on any atom is -0.379 e. The van der Waals surface area contributed by atoms with Gasteiger partial charge in [0, 0.05) is 64.8 Å². The molecule has 9 heteroatoms. The second-order valence-corrected chi connectivity index (χ2v) is 12.9. The van der Waals surface area contributed by atoms with Crippen LogP contribution in [0.1, 0.15) is 72.3 Å². The number of amides is 2. The van der Waals surface area contributed by atoms with Crippen LogP contribution in [0.5, 0.6) is 0 Å². The molecule has 2 amide bonds. The summed E-state index contributed by atoms with van der Waals surface area (Å²) < 4.78 is 7.77. The molecule has 0 spiro atoms. The van der Waals surface area contributed by atoms with E-state index in [2.05, 4.69) is 15.5 Å². The first kappa shape index (κ1) is 28.6. The van der Waals surface area contributed by atoms with Crippen LogP contribution < -0.4 is 5.48 Å². The van der Waals surface area contributed by atoms with Gasteiger partial charge in [0.05, 0.1) is 25.5 Å². The normalized spacial score (nSPS) is 20.3. The molecule has 2 N–H and O–H groups in total.